The lowest BCUT2D eigenvalue weighted by atomic mass is 9.91. The quantitative estimate of drug-likeness (QED) is 0.427. The van der Waals surface area contributed by atoms with E-state index >= 15 is 0 Å². The molecule has 0 N–H and O–H groups in total. The van der Waals surface area contributed by atoms with Gasteiger partial charge in [0.2, 0.25) is 0 Å². The summed E-state index contributed by atoms with van der Waals surface area (Å²) in [5.74, 6) is 1.78. The molecular formula is C26H34N4O2S2. The first-order chi connectivity index (χ1) is 16.3. The fourth-order valence-electron chi connectivity index (χ4n) is 5.88. The van der Waals surface area contributed by atoms with E-state index in [1.54, 1.807) is 4.57 Å². The zero-order valence-electron chi connectivity index (χ0n) is 20.6. The van der Waals surface area contributed by atoms with E-state index in [0.717, 1.165) is 56.6 Å². The monoisotopic (exact) mass is 498 g/mol. The van der Waals surface area contributed by atoms with Gasteiger partial charge in [-0.05, 0) is 56.6 Å². The number of thioether (sulfide) groups is 1. The first-order valence-electron chi connectivity index (χ1n) is 12.5. The summed E-state index contributed by atoms with van der Waals surface area (Å²) in [5.41, 5.74) is 1.33. The van der Waals surface area contributed by atoms with Crippen LogP contribution in [0.25, 0.3) is 6.08 Å². The number of thiocarbonyl (C=S) groups is 1. The highest BCUT2D eigenvalue weighted by Crippen LogP contribution is 2.39. The molecule has 1 amide bonds. The van der Waals surface area contributed by atoms with Crippen molar-refractivity contribution in [2.75, 3.05) is 18.0 Å². The van der Waals surface area contributed by atoms with E-state index in [-0.39, 0.29) is 23.1 Å². The molecule has 8 heteroatoms. The predicted molar refractivity (Wildman–Crippen MR) is 143 cm³/mol. The third kappa shape index (κ3) is 4.57. The molecule has 182 valence electrons. The van der Waals surface area contributed by atoms with E-state index in [0.29, 0.717) is 33.2 Å². The van der Waals surface area contributed by atoms with Crippen LogP contribution in [0, 0.1) is 30.1 Å². The average Bonchev–Trinajstić information content (AvgIpc) is 3.08. The second kappa shape index (κ2) is 10.2. The molecule has 1 aliphatic carbocycles. The Morgan fingerprint density at radius 2 is 1.79 bits per heavy atom. The van der Waals surface area contributed by atoms with Gasteiger partial charge in [0.05, 0.1) is 4.91 Å². The van der Waals surface area contributed by atoms with Gasteiger partial charge in [-0.2, -0.15) is 5.26 Å². The number of carbonyl (C=O) groups excluding carboxylic acids is 1. The van der Waals surface area contributed by atoms with Crippen LogP contribution in [-0.4, -0.2) is 38.8 Å². The van der Waals surface area contributed by atoms with E-state index in [9.17, 15) is 14.9 Å². The fourth-order valence-corrected chi connectivity index (χ4v) is 7.26. The van der Waals surface area contributed by atoms with E-state index in [2.05, 4.69) is 24.8 Å². The number of piperidine rings is 1. The largest absolute Gasteiger partial charge is 0.357 e. The molecule has 4 rings (SSSR count). The SMILES string of the molecule is CCn1c(N2CC(C)CC(C)C2)c(/C=C2\SC(=S)N(C3CCCCC3)C2=O)c(C)c(C#N)c1=O. The number of carbonyl (C=O) groups is 1. The van der Waals surface area contributed by atoms with E-state index in [1.165, 1.54) is 18.2 Å². The van der Waals surface area contributed by atoms with Gasteiger partial charge in [-0.1, -0.05) is 57.1 Å². The molecule has 3 fully saturated rings. The van der Waals surface area contributed by atoms with Crippen molar-refractivity contribution in [3.8, 4) is 6.07 Å². The molecule has 2 unspecified atom stereocenters. The normalized spacial score (nSPS) is 25.3. The van der Waals surface area contributed by atoms with Gasteiger partial charge in [0, 0.05) is 31.2 Å². The van der Waals surface area contributed by atoms with Crippen LogP contribution >= 0.6 is 24.0 Å². The van der Waals surface area contributed by atoms with Gasteiger partial charge in [-0.25, -0.2) is 0 Å². The molecular weight excluding hydrogens is 464 g/mol. The minimum atomic E-state index is -0.254. The molecule has 1 aromatic rings. The van der Waals surface area contributed by atoms with Crippen LogP contribution < -0.4 is 10.5 Å². The lowest BCUT2D eigenvalue weighted by Crippen LogP contribution is -2.43. The first-order valence-corrected chi connectivity index (χ1v) is 13.7. The molecule has 34 heavy (non-hydrogen) atoms. The smallest absolute Gasteiger partial charge is 0.270 e. The van der Waals surface area contributed by atoms with Crippen molar-refractivity contribution in [1.29, 1.82) is 5.26 Å². The number of rotatable bonds is 4. The highest BCUT2D eigenvalue weighted by Gasteiger charge is 2.38. The molecule has 1 saturated carbocycles. The van der Waals surface area contributed by atoms with Gasteiger partial charge in [-0.3, -0.25) is 19.1 Å². The van der Waals surface area contributed by atoms with E-state index < -0.39 is 0 Å². The van der Waals surface area contributed by atoms with Crippen molar-refractivity contribution in [2.24, 2.45) is 11.8 Å². The van der Waals surface area contributed by atoms with Crippen molar-refractivity contribution in [2.45, 2.75) is 78.8 Å². The zero-order valence-corrected chi connectivity index (χ0v) is 22.2. The summed E-state index contributed by atoms with van der Waals surface area (Å²) in [6.45, 7) is 10.4. The highest BCUT2D eigenvalue weighted by molar-refractivity contribution is 8.26. The van der Waals surface area contributed by atoms with Crippen LogP contribution in [0.2, 0.25) is 0 Å². The second-order valence-electron chi connectivity index (χ2n) is 10.1. The van der Waals surface area contributed by atoms with E-state index in [4.69, 9.17) is 12.2 Å². The van der Waals surface area contributed by atoms with Gasteiger partial charge in [0.1, 0.15) is 21.8 Å². The van der Waals surface area contributed by atoms with Crippen molar-refractivity contribution in [3.63, 3.8) is 0 Å². The summed E-state index contributed by atoms with van der Waals surface area (Å²) in [6, 6.07) is 2.30. The molecule has 2 saturated heterocycles. The maximum Gasteiger partial charge on any atom is 0.270 e. The Morgan fingerprint density at radius 1 is 1.15 bits per heavy atom. The number of aromatic nitrogens is 1. The van der Waals surface area contributed by atoms with Crippen LogP contribution in [0.4, 0.5) is 5.82 Å². The predicted octanol–water partition coefficient (Wildman–Crippen LogP) is 5.06. The Morgan fingerprint density at radius 3 is 2.38 bits per heavy atom. The van der Waals surface area contributed by atoms with Gasteiger partial charge >= 0.3 is 0 Å². The number of hydrogen-bond donors (Lipinski definition) is 0. The minimum absolute atomic E-state index is 0.0413. The third-order valence-corrected chi connectivity index (χ3v) is 8.70. The molecule has 0 bridgehead atoms. The second-order valence-corrected chi connectivity index (χ2v) is 11.8. The molecule has 2 aliphatic heterocycles. The Labute approximate surface area is 212 Å². The molecule has 6 nitrogen and oxygen atoms in total. The third-order valence-electron chi connectivity index (χ3n) is 7.37. The number of amides is 1. The molecule has 0 radical (unpaired) electrons. The Balaban J connectivity index is 1.84. The van der Waals surface area contributed by atoms with Crippen molar-refractivity contribution in [3.05, 3.63) is 31.9 Å². The van der Waals surface area contributed by atoms with Crippen LogP contribution in [0.5, 0.6) is 0 Å². The Hall–Kier alpha value is -2.11. The van der Waals surface area contributed by atoms with Gasteiger partial charge < -0.3 is 4.90 Å². The summed E-state index contributed by atoms with van der Waals surface area (Å²) >= 11 is 6.99. The van der Waals surface area contributed by atoms with Crippen molar-refractivity contribution in [1.82, 2.24) is 9.47 Å². The summed E-state index contributed by atoms with van der Waals surface area (Å²) in [6.07, 6.45) is 8.50. The van der Waals surface area contributed by atoms with Crippen LogP contribution in [-0.2, 0) is 11.3 Å². The van der Waals surface area contributed by atoms with Crippen molar-refractivity contribution < 1.29 is 4.79 Å². The number of nitriles is 1. The number of pyridine rings is 1. The number of hydrogen-bond acceptors (Lipinski definition) is 6. The summed E-state index contributed by atoms with van der Waals surface area (Å²) in [7, 11) is 0. The summed E-state index contributed by atoms with van der Waals surface area (Å²) in [5, 5.41) is 9.80. The maximum absolute atomic E-state index is 13.5. The molecule has 3 aliphatic rings. The lowest BCUT2D eigenvalue weighted by molar-refractivity contribution is -0.124. The first kappa shape index (κ1) is 25.0. The summed E-state index contributed by atoms with van der Waals surface area (Å²) < 4.78 is 2.33. The molecule has 2 atom stereocenters. The Bertz CT molecular complexity index is 1120. The maximum atomic E-state index is 13.5. The zero-order chi connectivity index (χ0) is 24.6. The van der Waals surface area contributed by atoms with Crippen LogP contribution in [0.1, 0.15) is 76.0 Å². The summed E-state index contributed by atoms with van der Waals surface area (Å²) in [4.78, 5) is 31.4. The molecule has 0 aromatic carbocycles. The average molecular weight is 499 g/mol. The Kier molecular flexibility index (Phi) is 7.54. The topological polar surface area (TPSA) is 69.3 Å². The molecule has 0 spiro atoms. The van der Waals surface area contributed by atoms with E-state index in [1.807, 2.05) is 24.8 Å². The van der Waals surface area contributed by atoms with Gasteiger partial charge in [-0.15, -0.1) is 0 Å². The standard InChI is InChI=1S/C26H34N4O2S2/c1-5-29-23(28-14-16(2)11-17(3)15-28)20(18(4)21(13-27)24(29)31)12-22-25(32)30(26(33)34-22)19-9-7-6-8-10-19/h12,16-17,19H,5-11,14-15H2,1-4H3/b22-12-. The van der Waals surface area contributed by atoms with Crippen molar-refractivity contribution >= 4 is 46.1 Å². The fraction of sp³-hybridized carbons (Fsp3) is 0.615. The van der Waals surface area contributed by atoms with Gasteiger partial charge in [0.25, 0.3) is 11.5 Å². The van der Waals surface area contributed by atoms with Crippen LogP contribution in [0.3, 0.4) is 0 Å². The molecule has 3 heterocycles. The number of anilines is 1. The minimum Gasteiger partial charge on any atom is -0.357 e. The van der Waals surface area contributed by atoms with Crippen LogP contribution in [0.15, 0.2) is 9.70 Å². The number of nitrogens with zero attached hydrogens (tertiary/aromatic N) is 4. The lowest BCUT2D eigenvalue weighted by Gasteiger charge is -2.38. The highest BCUT2D eigenvalue weighted by atomic mass is 32.2. The van der Waals surface area contributed by atoms with Gasteiger partial charge in [0.15, 0.2) is 0 Å². The molecule has 1 aromatic heterocycles.